The minimum Gasteiger partial charge on any atom is -0.377 e. The number of hydrogen-bond donors (Lipinski definition) is 3. The molecule has 156 valence electrons. The van der Waals surface area contributed by atoms with Crippen molar-refractivity contribution in [2.24, 2.45) is 0 Å². The fourth-order valence-corrected chi connectivity index (χ4v) is 3.77. The van der Waals surface area contributed by atoms with Gasteiger partial charge in [0.15, 0.2) is 14.9 Å². The van der Waals surface area contributed by atoms with E-state index < -0.39 is 14.6 Å². The van der Waals surface area contributed by atoms with Gasteiger partial charge in [0, 0.05) is 17.8 Å². The number of sulfone groups is 1. The van der Waals surface area contributed by atoms with E-state index in [4.69, 9.17) is 0 Å². The lowest BCUT2D eigenvalue weighted by molar-refractivity contribution is 0.251. The zero-order chi connectivity index (χ0) is 21.2. The van der Waals surface area contributed by atoms with Crippen molar-refractivity contribution in [3.05, 3.63) is 48.2 Å². The zero-order valence-corrected chi connectivity index (χ0v) is 18.0. The van der Waals surface area contributed by atoms with Crippen molar-refractivity contribution in [3.63, 3.8) is 0 Å². The lowest BCUT2D eigenvalue weighted by atomic mass is 10.1. The number of aromatic nitrogens is 1. The lowest BCUT2D eigenvalue weighted by Gasteiger charge is -2.19. The van der Waals surface area contributed by atoms with Gasteiger partial charge in [0.2, 0.25) is 0 Å². The van der Waals surface area contributed by atoms with E-state index in [1.165, 1.54) is 12.3 Å². The normalized spacial score (nSPS) is 15.4. The topological polar surface area (TPSA) is 100 Å². The summed E-state index contributed by atoms with van der Waals surface area (Å²) in [6.45, 7) is 6.98. The van der Waals surface area contributed by atoms with Crippen molar-refractivity contribution in [3.8, 4) is 0 Å². The molecular formula is C21H28N4O3S. The summed E-state index contributed by atoms with van der Waals surface area (Å²) >= 11 is 0. The number of carbonyl (C=O) groups excluding carboxylic acids is 1. The number of nitrogens with one attached hydrogen (secondary N) is 3. The van der Waals surface area contributed by atoms with Crippen LogP contribution in [0.4, 0.5) is 16.2 Å². The van der Waals surface area contributed by atoms with Crippen LogP contribution in [-0.2, 0) is 9.84 Å². The number of anilines is 2. The molecule has 1 aromatic heterocycles. The molecule has 2 aromatic rings. The average Bonchev–Trinajstić information content (AvgIpc) is 3.45. The number of hydrogen-bond acceptors (Lipinski definition) is 5. The SMILES string of the molecule is CC(Nc1ccc(S(=O)(=O)C(C)(C)C)nc1)c1ccc(NC(=O)NC2CC2)cc1. The number of amides is 2. The molecule has 1 atom stereocenters. The van der Waals surface area contributed by atoms with E-state index >= 15 is 0 Å². The van der Waals surface area contributed by atoms with Gasteiger partial charge in [-0.05, 0) is 70.4 Å². The van der Waals surface area contributed by atoms with E-state index in [2.05, 4.69) is 20.9 Å². The van der Waals surface area contributed by atoms with Crippen molar-refractivity contribution in [1.82, 2.24) is 10.3 Å². The van der Waals surface area contributed by atoms with Gasteiger partial charge in [-0.2, -0.15) is 0 Å². The molecule has 1 aromatic carbocycles. The summed E-state index contributed by atoms with van der Waals surface area (Å²) in [5, 5.41) is 9.09. The van der Waals surface area contributed by atoms with E-state index in [1.807, 2.05) is 31.2 Å². The van der Waals surface area contributed by atoms with Crippen LogP contribution >= 0.6 is 0 Å². The second kappa shape index (κ2) is 8.02. The van der Waals surface area contributed by atoms with Crippen molar-refractivity contribution in [2.75, 3.05) is 10.6 Å². The van der Waals surface area contributed by atoms with Crippen LogP contribution < -0.4 is 16.0 Å². The predicted molar refractivity (Wildman–Crippen MR) is 115 cm³/mol. The van der Waals surface area contributed by atoms with Crippen molar-refractivity contribution in [1.29, 1.82) is 0 Å². The Morgan fingerprint density at radius 1 is 1.07 bits per heavy atom. The van der Waals surface area contributed by atoms with Crippen LogP contribution in [0.5, 0.6) is 0 Å². The van der Waals surface area contributed by atoms with Gasteiger partial charge in [-0.15, -0.1) is 0 Å². The zero-order valence-electron chi connectivity index (χ0n) is 17.2. The molecule has 1 aliphatic rings. The monoisotopic (exact) mass is 416 g/mol. The Balaban J connectivity index is 1.61. The molecule has 7 nitrogen and oxygen atoms in total. The molecular weight excluding hydrogens is 388 g/mol. The van der Waals surface area contributed by atoms with Gasteiger partial charge in [0.25, 0.3) is 0 Å². The first kappa shape index (κ1) is 21.1. The van der Waals surface area contributed by atoms with Crippen LogP contribution in [0.1, 0.15) is 52.1 Å². The third kappa shape index (κ3) is 5.26. The maximum atomic E-state index is 12.5. The molecule has 1 unspecified atom stereocenters. The highest BCUT2D eigenvalue weighted by atomic mass is 32.2. The molecule has 3 rings (SSSR count). The molecule has 1 aliphatic carbocycles. The first-order valence-corrected chi connectivity index (χ1v) is 11.2. The Morgan fingerprint density at radius 2 is 1.69 bits per heavy atom. The Labute approximate surface area is 172 Å². The van der Waals surface area contributed by atoms with E-state index in [1.54, 1.807) is 26.8 Å². The summed E-state index contributed by atoms with van der Waals surface area (Å²) in [6.07, 6.45) is 3.63. The van der Waals surface area contributed by atoms with Crippen LogP contribution in [0.2, 0.25) is 0 Å². The number of pyridine rings is 1. The van der Waals surface area contributed by atoms with Gasteiger partial charge in [0.1, 0.15) is 0 Å². The summed E-state index contributed by atoms with van der Waals surface area (Å²) in [6, 6.07) is 11.0. The molecule has 1 heterocycles. The van der Waals surface area contributed by atoms with E-state index in [9.17, 15) is 13.2 Å². The Kier molecular flexibility index (Phi) is 5.84. The van der Waals surface area contributed by atoms with Crippen molar-refractivity contribution >= 4 is 27.2 Å². The Bertz CT molecular complexity index is 960. The first-order valence-electron chi connectivity index (χ1n) is 9.71. The number of rotatable bonds is 6. The van der Waals surface area contributed by atoms with Crippen molar-refractivity contribution in [2.45, 2.75) is 62.4 Å². The van der Waals surface area contributed by atoms with Gasteiger partial charge in [-0.3, -0.25) is 0 Å². The average molecular weight is 417 g/mol. The largest absolute Gasteiger partial charge is 0.377 e. The summed E-state index contributed by atoms with van der Waals surface area (Å²) in [5.74, 6) is 0. The third-order valence-electron chi connectivity index (χ3n) is 4.78. The highest BCUT2D eigenvalue weighted by Gasteiger charge is 2.32. The summed E-state index contributed by atoms with van der Waals surface area (Å²) in [4.78, 5) is 15.9. The highest BCUT2D eigenvalue weighted by Crippen LogP contribution is 2.25. The van der Waals surface area contributed by atoms with Gasteiger partial charge < -0.3 is 16.0 Å². The van der Waals surface area contributed by atoms with Gasteiger partial charge >= 0.3 is 6.03 Å². The molecule has 0 bridgehead atoms. The standard InChI is InChI=1S/C21H28N4O3S/c1-14(15-5-7-16(8-6-15)24-20(26)25-17-9-10-17)23-18-11-12-19(22-13-18)29(27,28)21(2,3)4/h5-8,11-14,17,23H,9-10H2,1-4H3,(H2,24,25,26). The second-order valence-electron chi connectivity index (χ2n) is 8.36. The molecule has 1 saturated carbocycles. The fourth-order valence-electron chi connectivity index (χ4n) is 2.71. The van der Waals surface area contributed by atoms with E-state index in [0.29, 0.717) is 6.04 Å². The lowest BCUT2D eigenvalue weighted by Crippen LogP contribution is -2.30. The molecule has 0 aliphatic heterocycles. The Morgan fingerprint density at radius 3 is 2.21 bits per heavy atom. The second-order valence-corrected chi connectivity index (χ2v) is 11.0. The van der Waals surface area contributed by atoms with Gasteiger partial charge in [0.05, 0.1) is 16.6 Å². The summed E-state index contributed by atoms with van der Waals surface area (Å²) in [7, 11) is -3.47. The molecule has 29 heavy (non-hydrogen) atoms. The maximum absolute atomic E-state index is 12.5. The molecule has 3 N–H and O–H groups in total. The predicted octanol–water partition coefficient (Wildman–Crippen LogP) is 4.11. The van der Waals surface area contributed by atoms with Crippen LogP contribution in [0, 0.1) is 0 Å². The quantitative estimate of drug-likeness (QED) is 0.658. The highest BCUT2D eigenvalue weighted by molar-refractivity contribution is 7.92. The van der Waals surface area contributed by atoms with Crippen LogP contribution in [0.25, 0.3) is 0 Å². The maximum Gasteiger partial charge on any atom is 0.319 e. The summed E-state index contributed by atoms with van der Waals surface area (Å²) < 4.78 is 24.0. The Hall–Kier alpha value is -2.61. The smallest absolute Gasteiger partial charge is 0.319 e. The first-order chi connectivity index (χ1) is 13.6. The molecule has 0 spiro atoms. The van der Waals surface area contributed by atoms with Crippen LogP contribution in [-0.4, -0.2) is 30.2 Å². The molecule has 2 amide bonds. The van der Waals surface area contributed by atoms with Gasteiger partial charge in [-0.25, -0.2) is 18.2 Å². The number of benzene rings is 1. The number of nitrogens with zero attached hydrogens (tertiary/aromatic N) is 1. The van der Waals surface area contributed by atoms with Crippen LogP contribution in [0.3, 0.4) is 0 Å². The molecule has 0 saturated heterocycles. The summed E-state index contributed by atoms with van der Waals surface area (Å²) in [5.41, 5.74) is 2.50. The van der Waals surface area contributed by atoms with Crippen LogP contribution in [0.15, 0.2) is 47.6 Å². The van der Waals surface area contributed by atoms with Gasteiger partial charge in [-0.1, -0.05) is 12.1 Å². The minimum atomic E-state index is -3.47. The van der Waals surface area contributed by atoms with E-state index in [-0.39, 0.29) is 17.1 Å². The van der Waals surface area contributed by atoms with Crippen molar-refractivity contribution < 1.29 is 13.2 Å². The van der Waals surface area contributed by atoms with E-state index in [0.717, 1.165) is 29.8 Å². The minimum absolute atomic E-state index is 0.0174. The molecule has 8 heteroatoms. The molecule has 0 radical (unpaired) electrons. The molecule has 1 fully saturated rings. The number of urea groups is 1. The fraction of sp³-hybridized carbons (Fsp3) is 0.429. The third-order valence-corrected chi connectivity index (χ3v) is 7.19. The number of carbonyl (C=O) groups is 1.